The van der Waals surface area contributed by atoms with Crippen molar-refractivity contribution in [2.45, 2.75) is 0 Å². The molecule has 1 heterocycles. The van der Waals surface area contributed by atoms with E-state index in [2.05, 4.69) is 15.0 Å². The van der Waals surface area contributed by atoms with E-state index in [-0.39, 0.29) is 5.88 Å². The van der Waals surface area contributed by atoms with Gasteiger partial charge in [0.2, 0.25) is 11.0 Å². The second kappa shape index (κ2) is 4.43. The summed E-state index contributed by atoms with van der Waals surface area (Å²) in [6.45, 7) is 0. The van der Waals surface area contributed by atoms with E-state index < -0.39 is 6.08 Å². The molecule has 0 amide bonds. The van der Waals surface area contributed by atoms with Crippen molar-refractivity contribution >= 4 is 12.0 Å². The van der Waals surface area contributed by atoms with Crippen molar-refractivity contribution in [1.29, 1.82) is 0 Å². The number of hydrogen-bond donors (Lipinski definition) is 0. The molecule has 0 spiro atoms. The lowest BCUT2D eigenvalue weighted by Crippen LogP contribution is -2.30. The Hall–Kier alpha value is -2.37. The summed E-state index contributed by atoms with van der Waals surface area (Å²) in [7, 11) is 1.24. The van der Waals surface area contributed by atoms with Gasteiger partial charge in [0, 0.05) is 12.1 Å². The minimum Gasteiger partial charge on any atom is -0.603 e. The van der Waals surface area contributed by atoms with E-state index in [1.54, 1.807) is 0 Å². The number of hydrogen-bond acceptors (Lipinski definition) is 5. The summed E-state index contributed by atoms with van der Waals surface area (Å²) in [6.07, 6.45) is 0.767. The van der Waals surface area contributed by atoms with Crippen LogP contribution in [0.2, 0.25) is 0 Å². The summed E-state index contributed by atoms with van der Waals surface area (Å²) in [5, 5.41) is 14.6. The van der Waals surface area contributed by atoms with Crippen molar-refractivity contribution in [3.05, 3.63) is 36.5 Å². The lowest BCUT2D eigenvalue weighted by molar-refractivity contribution is -0.670. The van der Waals surface area contributed by atoms with E-state index in [1.807, 2.05) is 30.3 Å². The quantitative estimate of drug-likeness (QED) is 0.403. The first-order valence-corrected chi connectivity index (χ1v) is 4.53. The Kier molecular flexibility index (Phi) is 2.81. The Morgan fingerprint density at radius 3 is 2.88 bits per heavy atom. The number of nitrogens with zero attached hydrogens (tertiary/aromatic N) is 3. The molecule has 1 aromatic heterocycles. The molecule has 0 saturated carbocycles. The van der Waals surface area contributed by atoms with Crippen molar-refractivity contribution in [1.82, 2.24) is 5.27 Å². The maximum absolute atomic E-state index is 10.8. The van der Waals surface area contributed by atoms with Crippen LogP contribution in [0, 0.1) is 0 Å². The molecule has 16 heavy (non-hydrogen) atoms. The molecular weight excluding hydrogens is 210 g/mol. The normalized spacial score (nSPS) is 11.4. The van der Waals surface area contributed by atoms with Gasteiger partial charge in [0.25, 0.3) is 6.20 Å². The average molecular weight is 219 g/mol. The van der Waals surface area contributed by atoms with Crippen LogP contribution in [0.3, 0.4) is 0 Å². The Balaban J connectivity index is 2.27. The van der Waals surface area contributed by atoms with Gasteiger partial charge >= 0.3 is 5.88 Å². The van der Waals surface area contributed by atoms with Gasteiger partial charge in [-0.2, -0.15) is 4.99 Å². The van der Waals surface area contributed by atoms with E-state index in [4.69, 9.17) is 4.52 Å². The molecule has 6 heteroatoms. The van der Waals surface area contributed by atoms with Gasteiger partial charge in [-0.15, -0.1) is 0 Å². The van der Waals surface area contributed by atoms with Crippen molar-refractivity contribution in [2.24, 2.45) is 4.99 Å². The number of benzene rings is 1. The molecule has 0 aliphatic heterocycles. The molecule has 0 radical (unpaired) electrons. The third-order valence-corrected chi connectivity index (χ3v) is 1.85. The Labute approximate surface area is 91.4 Å². The van der Waals surface area contributed by atoms with Crippen LogP contribution in [0.5, 0.6) is 0 Å². The monoisotopic (exact) mass is 219 g/mol. The van der Waals surface area contributed by atoms with Gasteiger partial charge < -0.3 is 9.84 Å². The largest absolute Gasteiger partial charge is 0.603 e. The molecule has 82 valence electrons. The third-order valence-electron chi connectivity index (χ3n) is 1.85. The van der Waals surface area contributed by atoms with E-state index >= 15 is 0 Å². The fourth-order valence-corrected chi connectivity index (χ4v) is 1.12. The summed E-state index contributed by atoms with van der Waals surface area (Å²) in [5.74, 6) is 0.0932. The van der Waals surface area contributed by atoms with E-state index in [0.29, 0.717) is 0 Å². The van der Waals surface area contributed by atoms with Gasteiger partial charge in [-0.3, -0.25) is 4.52 Å². The van der Waals surface area contributed by atoms with Gasteiger partial charge in [0.1, 0.15) is 0 Å². The topological polar surface area (TPSA) is 74.6 Å². The van der Waals surface area contributed by atoms with Crippen LogP contribution in [-0.4, -0.2) is 18.5 Å². The summed E-state index contributed by atoms with van der Waals surface area (Å²) >= 11 is 0. The molecule has 2 rings (SSSR count). The van der Waals surface area contributed by atoms with Gasteiger partial charge in [-0.25, -0.2) is 0 Å². The average Bonchev–Trinajstić information content (AvgIpc) is 2.78. The van der Waals surface area contributed by atoms with Gasteiger partial charge in [-0.05, 0) is 11.8 Å². The van der Waals surface area contributed by atoms with Crippen LogP contribution in [0.4, 0.5) is 5.88 Å². The van der Waals surface area contributed by atoms with Gasteiger partial charge in [0.05, 0.1) is 0 Å². The van der Waals surface area contributed by atoms with E-state index in [9.17, 15) is 5.11 Å². The highest BCUT2D eigenvalue weighted by molar-refractivity contribution is 5.64. The van der Waals surface area contributed by atoms with Crippen molar-refractivity contribution in [2.75, 3.05) is 7.11 Å². The van der Waals surface area contributed by atoms with Crippen molar-refractivity contribution in [3.63, 3.8) is 0 Å². The molecule has 0 saturated heterocycles. The molecule has 0 fully saturated rings. The Morgan fingerprint density at radius 1 is 1.44 bits per heavy atom. The van der Waals surface area contributed by atoms with Crippen LogP contribution < -0.4 is 9.79 Å². The standard InChI is InChI=1S/C10H9N3O3/c1-15-10(14)11-9-7-13(12-16-9)8-5-3-2-4-6-8/h2-7H,1H3. The van der Waals surface area contributed by atoms with Gasteiger partial charge in [-0.1, -0.05) is 18.2 Å². The Bertz CT molecular complexity index is 493. The lowest BCUT2D eigenvalue weighted by atomic mass is 10.3. The zero-order chi connectivity index (χ0) is 11.4. The zero-order valence-electron chi connectivity index (χ0n) is 8.53. The molecule has 1 aromatic carbocycles. The highest BCUT2D eigenvalue weighted by atomic mass is 16.6. The lowest BCUT2D eigenvalue weighted by Gasteiger charge is -2.02. The van der Waals surface area contributed by atoms with Crippen LogP contribution in [0.15, 0.2) is 46.0 Å². The SMILES string of the molecule is COC([O-])=Nc1c[n+](-c2ccccc2)no1. The van der Waals surface area contributed by atoms with Crippen molar-refractivity contribution in [3.8, 4) is 5.69 Å². The number of rotatable bonds is 2. The van der Waals surface area contributed by atoms with E-state index in [0.717, 1.165) is 5.69 Å². The first kappa shape index (κ1) is 10.2. The summed E-state index contributed by atoms with van der Waals surface area (Å²) < 4.78 is 10.7. The van der Waals surface area contributed by atoms with Crippen LogP contribution in [-0.2, 0) is 4.74 Å². The minimum absolute atomic E-state index is 0.0932. The maximum Gasteiger partial charge on any atom is 0.323 e. The summed E-state index contributed by atoms with van der Waals surface area (Å²) in [4.78, 5) is 3.51. The molecule has 2 aromatic rings. The highest BCUT2D eigenvalue weighted by Gasteiger charge is 2.13. The summed E-state index contributed by atoms with van der Waals surface area (Å²) in [5.41, 5.74) is 0.817. The molecule has 0 N–H and O–H groups in total. The number of methoxy groups -OCH3 is 1. The second-order valence-electron chi connectivity index (χ2n) is 2.90. The molecule has 0 aliphatic carbocycles. The predicted molar refractivity (Wildman–Crippen MR) is 52.1 cm³/mol. The van der Waals surface area contributed by atoms with Crippen LogP contribution >= 0.6 is 0 Å². The summed E-state index contributed by atoms with van der Waals surface area (Å²) in [6, 6.07) is 9.33. The fourth-order valence-electron chi connectivity index (χ4n) is 1.12. The van der Waals surface area contributed by atoms with E-state index in [1.165, 1.54) is 18.0 Å². The maximum atomic E-state index is 10.8. The number of aliphatic imine (C=N–C) groups is 1. The van der Waals surface area contributed by atoms with Crippen LogP contribution in [0.25, 0.3) is 5.69 Å². The highest BCUT2D eigenvalue weighted by Crippen LogP contribution is 2.07. The molecule has 6 nitrogen and oxygen atoms in total. The molecule has 0 bridgehead atoms. The number of para-hydroxylation sites is 1. The fraction of sp³-hybridized carbons (Fsp3) is 0.100. The predicted octanol–water partition coefficient (Wildman–Crippen LogP) is -0.0545. The third kappa shape index (κ3) is 2.17. The minimum atomic E-state index is -0.726. The second-order valence-corrected chi connectivity index (χ2v) is 2.90. The number of ether oxygens (including phenoxy) is 1. The first-order valence-electron chi connectivity index (χ1n) is 4.53. The Morgan fingerprint density at radius 2 is 2.19 bits per heavy atom. The smallest absolute Gasteiger partial charge is 0.323 e. The molecule has 0 atom stereocenters. The molecular formula is C10H9N3O3. The first-order chi connectivity index (χ1) is 7.79. The number of aromatic nitrogens is 2. The van der Waals surface area contributed by atoms with Crippen molar-refractivity contribution < 1.29 is 19.0 Å². The molecule has 0 unspecified atom stereocenters. The molecule has 0 aliphatic rings. The zero-order valence-corrected chi connectivity index (χ0v) is 8.53. The van der Waals surface area contributed by atoms with Crippen LogP contribution in [0.1, 0.15) is 0 Å². The van der Waals surface area contributed by atoms with Gasteiger partial charge in [0.15, 0.2) is 6.08 Å².